The highest BCUT2D eigenvalue weighted by molar-refractivity contribution is 5.97. The molecule has 0 spiro atoms. The lowest BCUT2D eigenvalue weighted by atomic mass is 10.1. The number of hydrogen-bond acceptors (Lipinski definition) is 2. The van der Waals surface area contributed by atoms with Crippen molar-refractivity contribution in [2.24, 2.45) is 0 Å². The van der Waals surface area contributed by atoms with Crippen LogP contribution in [0, 0.1) is 5.82 Å². The maximum Gasteiger partial charge on any atom is 0.241 e. The zero-order chi connectivity index (χ0) is 17.8. The van der Waals surface area contributed by atoms with Crippen LogP contribution in [0.2, 0.25) is 0 Å². The second kappa shape index (κ2) is 7.45. The van der Waals surface area contributed by atoms with E-state index in [0.717, 1.165) is 16.5 Å². The lowest BCUT2D eigenvalue weighted by molar-refractivity contribution is -0.120. The Morgan fingerprint density at radius 3 is 2.48 bits per heavy atom. The molecule has 4 heteroatoms. The van der Waals surface area contributed by atoms with Gasteiger partial charge in [0.2, 0.25) is 5.91 Å². The van der Waals surface area contributed by atoms with Crippen molar-refractivity contribution in [3.05, 3.63) is 78.1 Å². The largest absolute Gasteiger partial charge is 0.325 e. The standard InChI is InChI=1S/C21H21FN2O/c1-15(24(2)14-18-9-5-6-10-20(18)22)21(25)23-19-12-11-16-7-3-4-8-17(16)13-19/h3-13,15H,14H2,1-2H3,(H,23,25)/t15-/m0/s1. The number of rotatable bonds is 5. The van der Waals surface area contributed by atoms with Gasteiger partial charge in [-0.05, 0) is 42.9 Å². The van der Waals surface area contributed by atoms with Crippen LogP contribution in [0.3, 0.4) is 0 Å². The lowest BCUT2D eigenvalue weighted by Crippen LogP contribution is -2.39. The lowest BCUT2D eigenvalue weighted by Gasteiger charge is -2.24. The minimum absolute atomic E-state index is 0.117. The van der Waals surface area contributed by atoms with Crippen molar-refractivity contribution < 1.29 is 9.18 Å². The second-order valence-electron chi connectivity index (χ2n) is 6.23. The summed E-state index contributed by atoms with van der Waals surface area (Å²) in [4.78, 5) is 14.3. The molecule has 1 atom stereocenters. The predicted molar refractivity (Wildman–Crippen MR) is 99.9 cm³/mol. The van der Waals surface area contributed by atoms with Crippen LogP contribution in [0.5, 0.6) is 0 Å². The van der Waals surface area contributed by atoms with Gasteiger partial charge < -0.3 is 5.32 Å². The zero-order valence-corrected chi connectivity index (χ0v) is 14.4. The molecular formula is C21H21FN2O. The average molecular weight is 336 g/mol. The molecule has 0 fully saturated rings. The summed E-state index contributed by atoms with van der Waals surface area (Å²) in [5.74, 6) is -0.370. The van der Waals surface area contributed by atoms with Crippen molar-refractivity contribution in [2.75, 3.05) is 12.4 Å². The number of likely N-dealkylation sites (N-methyl/N-ethyl adjacent to an activating group) is 1. The number of amides is 1. The summed E-state index contributed by atoms with van der Waals surface area (Å²) < 4.78 is 13.8. The summed E-state index contributed by atoms with van der Waals surface area (Å²) in [5, 5.41) is 5.15. The Kier molecular flexibility index (Phi) is 5.10. The van der Waals surface area contributed by atoms with E-state index in [1.165, 1.54) is 6.07 Å². The Hall–Kier alpha value is -2.72. The summed E-state index contributed by atoms with van der Waals surface area (Å²) in [6.07, 6.45) is 0. The van der Waals surface area contributed by atoms with Crippen LogP contribution >= 0.6 is 0 Å². The molecule has 1 amide bonds. The average Bonchev–Trinajstić information content (AvgIpc) is 2.62. The van der Waals surface area contributed by atoms with Gasteiger partial charge in [0.05, 0.1) is 6.04 Å². The van der Waals surface area contributed by atoms with Gasteiger partial charge >= 0.3 is 0 Å². The van der Waals surface area contributed by atoms with Crippen LogP contribution in [0.15, 0.2) is 66.7 Å². The highest BCUT2D eigenvalue weighted by atomic mass is 19.1. The van der Waals surface area contributed by atoms with E-state index < -0.39 is 0 Å². The maximum atomic E-state index is 13.8. The van der Waals surface area contributed by atoms with Crippen molar-refractivity contribution in [1.29, 1.82) is 0 Å². The molecule has 0 heterocycles. The van der Waals surface area contributed by atoms with Gasteiger partial charge in [0, 0.05) is 17.8 Å². The topological polar surface area (TPSA) is 32.3 Å². The van der Waals surface area contributed by atoms with E-state index in [2.05, 4.69) is 5.32 Å². The molecule has 0 aromatic heterocycles. The Balaban J connectivity index is 1.67. The van der Waals surface area contributed by atoms with Crippen LogP contribution in [-0.2, 0) is 11.3 Å². The first-order valence-corrected chi connectivity index (χ1v) is 8.28. The Morgan fingerprint density at radius 1 is 1.04 bits per heavy atom. The molecule has 0 saturated carbocycles. The molecule has 25 heavy (non-hydrogen) atoms. The summed E-state index contributed by atoms with van der Waals surface area (Å²) in [6, 6.07) is 20.1. The molecule has 1 N–H and O–H groups in total. The van der Waals surface area contributed by atoms with Crippen LogP contribution in [0.25, 0.3) is 10.8 Å². The first kappa shape index (κ1) is 17.1. The number of fused-ring (bicyclic) bond motifs is 1. The van der Waals surface area contributed by atoms with Gasteiger partial charge in [0.15, 0.2) is 0 Å². The van der Waals surface area contributed by atoms with E-state index in [1.807, 2.05) is 61.3 Å². The maximum absolute atomic E-state index is 13.8. The number of hydrogen-bond donors (Lipinski definition) is 1. The van der Waals surface area contributed by atoms with Gasteiger partial charge in [-0.3, -0.25) is 9.69 Å². The Bertz CT molecular complexity index is 894. The van der Waals surface area contributed by atoms with Gasteiger partial charge in [-0.15, -0.1) is 0 Å². The fourth-order valence-corrected chi connectivity index (χ4v) is 2.75. The summed E-state index contributed by atoms with van der Waals surface area (Å²) in [5.41, 5.74) is 1.34. The minimum Gasteiger partial charge on any atom is -0.325 e. The van der Waals surface area contributed by atoms with E-state index >= 15 is 0 Å². The van der Waals surface area contributed by atoms with Crippen molar-refractivity contribution in [3.63, 3.8) is 0 Å². The second-order valence-corrected chi connectivity index (χ2v) is 6.23. The fourth-order valence-electron chi connectivity index (χ4n) is 2.75. The van der Waals surface area contributed by atoms with E-state index in [4.69, 9.17) is 0 Å². The molecule has 0 bridgehead atoms. The summed E-state index contributed by atoms with van der Waals surface area (Å²) in [7, 11) is 1.82. The summed E-state index contributed by atoms with van der Waals surface area (Å²) in [6.45, 7) is 2.19. The van der Waals surface area contributed by atoms with Gasteiger partial charge in [0.1, 0.15) is 5.82 Å². The van der Waals surface area contributed by atoms with Gasteiger partial charge in [-0.25, -0.2) is 4.39 Å². The van der Waals surface area contributed by atoms with Crippen LogP contribution in [-0.4, -0.2) is 23.9 Å². The minimum atomic E-state index is -0.383. The van der Waals surface area contributed by atoms with Crippen molar-refractivity contribution >= 4 is 22.4 Å². The number of nitrogens with zero attached hydrogens (tertiary/aromatic N) is 1. The molecule has 128 valence electrons. The van der Waals surface area contributed by atoms with E-state index in [9.17, 15) is 9.18 Å². The Labute approximate surface area is 147 Å². The summed E-state index contributed by atoms with van der Waals surface area (Å²) >= 11 is 0. The number of nitrogens with one attached hydrogen (secondary N) is 1. The number of carbonyl (C=O) groups is 1. The first-order valence-electron chi connectivity index (χ1n) is 8.28. The third-order valence-electron chi connectivity index (χ3n) is 4.44. The van der Waals surface area contributed by atoms with E-state index in [0.29, 0.717) is 12.1 Å². The smallest absolute Gasteiger partial charge is 0.241 e. The SMILES string of the molecule is C[C@@H](C(=O)Nc1ccc2ccccc2c1)N(C)Cc1ccccc1F. The molecular weight excluding hydrogens is 315 g/mol. The zero-order valence-electron chi connectivity index (χ0n) is 14.4. The highest BCUT2D eigenvalue weighted by Gasteiger charge is 2.19. The number of benzene rings is 3. The Morgan fingerprint density at radius 2 is 1.72 bits per heavy atom. The van der Waals surface area contributed by atoms with Gasteiger partial charge in [-0.1, -0.05) is 48.5 Å². The third-order valence-corrected chi connectivity index (χ3v) is 4.44. The van der Waals surface area contributed by atoms with E-state index in [1.54, 1.807) is 18.2 Å². The molecule has 0 aliphatic rings. The van der Waals surface area contributed by atoms with Crippen LogP contribution in [0.4, 0.5) is 10.1 Å². The van der Waals surface area contributed by atoms with Gasteiger partial charge in [-0.2, -0.15) is 0 Å². The molecule has 0 aliphatic carbocycles. The van der Waals surface area contributed by atoms with Crippen LogP contribution in [0.1, 0.15) is 12.5 Å². The number of anilines is 1. The first-order chi connectivity index (χ1) is 12.0. The number of halogens is 1. The van der Waals surface area contributed by atoms with E-state index in [-0.39, 0.29) is 17.8 Å². The molecule has 3 aromatic carbocycles. The third kappa shape index (κ3) is 4.03. The van der Waals surface area contributed by atoms with Crippen molar-refractivity contribution in [2.45, 2.75) is 19.5 Å². The molecule has 0 unspecified atom stereocenters. The molecule has 0 saturated heterocycles. The van der Waals surface area contributed by atoms with Crippen LogP contribution < -0.4 is 5.32 Å². The van der Waals surface area contributed by atoms with Gasteiger partial charge in [0.25, 0.3) is 0 Å². The molecule has 0 aliphatic heterocycles. The molecule has 3 rings (SSSR count). The predicted octanol–water partition coefficient (Wildman–Crippen LogP) is 4.44. The van der Waals surface area contributed by atoms with Crippen molar-refractivity contribution in [1.82, 2.24) is 4.90 Å². The normalized spacial score (nSPS) is 12.3. The monoisotopic (exact) mass is 336 g/mol. The molecule has 3 aromatic rings. The number of carbonyl (C=O) groups excluding carboxylic acids is 1. The van der Waals surface area contributed by atoms with Crippen molar-refractivity contribution in [3.8, 4) is 0 Å². The fraction of sp³-hybridized carbons (Fsp3) is 0.190. The molecule has 0 radical (unpaired) electrons. The quantitative estimate of drug-likeness (QED) is 0.747. The highest BCUT2D eigenvalue weighted by Crippen LogP contribution is 2.19. The molecule has 3 nitrogen and oxygen atoms in total.